The molecule has 5 heteroatoms. The maximum atomic E-state index is 6.04. The average molecular weight is 324 g/mol. The highest BCUT2D eigenvalue weighted by atomic mass is 35.5. The Kier molecular flexibility index (Phi) is 6.92. The van der Waals surface area contributed by atoms with Crippen molar-refractivity contribution in [1.29, 1.82) is 0 Å². The summed E-state index contributed by atoms with van der Waals surface area (Å²) < 4.78 is 0. The van der Waals surface area contributed by atoms with Crippen LogP contribution in [0.4, 0.5) is 0 Å². The van der Waals surface area contributed by atoms with Crippen molar-refractivity contribution in [3.8, 4) is 0 Å². The van der Waals surface area contributed by atoms with E-state index in [-0.39, 0.29) is 18.4 Å². The van der Waals surface area contributed by atoms with E-state index in [1.807, 2.05) is 18.2 Å². The molecule has 0 radical (unpaired) electrons. The molecule has 2 N–H and O–H groups in total. The number of piperidine rings is 1. The van der Waals surface area contributed by atoms with Gasteiger partial charge in [-0.25, -0.2) is 0 Å². The number of hydrogen-bond acceptors (Lipinski definition) is 2. The Hall–Kier alpha value is 0.01000. The van der Waals surface area contributed by atoms with Gasteiger partial charge in [0, 0.05) is 19.1 Å². The average Bonchev–Trinajstić information content (AvgIpc) is 2.34. The third-order valence-corrected chi connectivity index (χ3v) is 4.41. The minimum atomic E-state index is 0. The van der Waals surface area contributed by atoms with Gasteiger partial charge in [0.1, 0.15) is 0 Å². The van der Waals surface area contributed by atoms with E-state index in [1.165, 1.54) is 18.4 Å². The fourth-order valence-electron chi connectivity index (χ4n) is 2.56. The summed E-state index contributed by atoms with van der Waals surface area (Å²) in [5.41, 5.74) is 7.22. The van der Waals surface area contributed by atoms with Gasteiger partial charge >= 0.3 is 0 Å². The van der Waals surface area contributed by atoms with Gasteiger partial charge in [-0.2, -0.15) is 0 Å². The first-order chi connectivity index (χ1) is 8.56. The summed E-state index contributed by atoms with van der Waals surface area (Å²) >= 11 is 12.0. The van der Waals surface area contributed by atoms with Gasteiger partial charge in [-0.3, -0.25) is 4.90 Å². The Morgan fingerprint density at radius 1 is 1.37 bits per heavy atom. The van der Waals surface area contributed by atoms with Crippen molar-refractivity contribution in [3.63, 3.8) is 0 Å². The van der Waals surface area contributed by atoms with Gasteiger partial charge in [0.15, 0.2) is 0 Å². The maximum absolute atomic E-state index is 6.04. The lowest BCUT2D eigenvalue weighted by molar-refractivity contribution is 0.154. The summed E-state index contributed by atoms with van der Waals surface area (Å²) in [6, 6.07) is 6.15. The molecule has 1 saturated heterocycles. The van der Waals surface area contributed by atoms with E-state index < -0.39 is 0 Å². The van der Waals surface area contributed by atoms with E-state index in [0.717, 1.165) is 19.6 Å². The molecule has 0 amide bonds. The Bertz CT molecular complexity index is 410. The summed E-state index contributed by atoms with van der Waals surface area (Å²) in [7, 11) is 0. The van der Waals surface area contributed by atoms with Gasteiger partial charge in [0.25, 0.3) is 0 Å². The fraction of sp³-hybridized carbons (Fsp3) is 0.571. The molecule has 2 unspecified atom stereocenters. The second kappa shape index (κ2) is 7.70. The number of hydrogen-bond donors (Lipinski definition) is 1. The Labute approximate surface area is 131 Å². The number of nitrogens with two attached hydrogens (primary N) is 1. The second-order valence-corrected chi connectivity index (χ2v) is 6.06. The van der Waals surface area contributed by atoms with Crippen LogP contribution in [0, 0.1) is 5.92 Å². The first kappa shape index (κ1) is 17.1. The Morgan fingerprint density at radius 3 is 2.74 bits per heavy atom. The first-order valence-corrected chi connectivity index (χ1v) is 7.23. The Balaban J connectivity index is 0.00000180. The molecule has 0 saturated carbocycles. The summed E-state index contributed by atoms with van der Waals surface area (Å²) in [5.74, 6) is 0.613. The molecule has 2 nitrogen and oxygen atoms in total. The van der Waals surface area contributed by atoms with Gasteiger partial charge in [-0.1, -0.05) is 29.3 Å². The number of benzene rings is 1. The van der Waals surface area contributed by atoms with Crippen molar-refractivity contribution in [3.05, 3.63) is 33.8 Å². The van der Waals surface area contributed by atoms with E-state index in [4.69, 9.17) is 28.9 Å². The minimum Gasteiger partial charge on any atom is -0.328 e. The van der Waals surface area contributed by atoms with Crippen molar-refractivity contribution in [1.82, 2.24) is 4.90 Å². The van der Waals surface area contributed by atoms with Crippen molar-refractivity contribution in [2.75, 3.05) is 13.1 Å². The van der Waals surface area contributed by atoms with Crippen LogP contribution >= 0.6 is 35.6 Å². The van der Waals surface area contributed by atoms with Crippen LogP contribution in [0.25, 0.3) is 0 Å². The van der Waals surface area contributed by atoms with Crippen molar-refractivity contribution in [2.45, 2.75) is 32.4 Å². The summed E-state index contributed by atoms with van der Waals surface area (Å²) in [6.07, 6.45) is 2.48. The fourth-order valence-corrected chi connectivity index (χ4v) is 2.88. The van der Waals surface area contributed by atoms with Crippen LogP contribution in [0.2, 0.25) is 10.0 Å². The van der Waals surface area contributed by atoms with Crippen LogP contribution in [-0.2, 0) is 6.54 Å². The molecule has 0 bridgehead atoms. The largest absolute Gasteiger partial charge is 0.328 e. The normalized spacial score (nSPS) is 21.8. The summed E-state index contributed by atoms with van der Waals surface area (Å²) in [5, 5.41) is 1.25. The number of halogens is 3. The van der Waals surface area contributed by atoms with Crippen LogP contribution in [0.5, 0.6) is 0 Å². The zero-order chi connectivity index (χ0) is 13.1. The minimum absolute atomic E-state index is 0. The maximum Gasteiger partial charge on any atom is 0.0595 e. The summed E-state index contributed by atoms with van der Waals surface area (Å²) in [6.45, 7) is 5.26. The molecular weight excluding hydrogens is 303 g/mol. The zero-order valence-electron chi connectivity index (χ0n) is 11.1. The highest BCUT2D eigenvalue weighted by molar-refractivity contribution is 6.42. The third-order valence-electron chi connectivity index (χ3n) is 3.68. The number of likely N-dealkylation sites (tertiary alicyclic amines) is 1. The van der Waals surface area contributed by atoms with Crippen molar-refractivity contribution >= 4 is 35.6 Å². The molecule has 1 aliphatic rings. The van der Waals surface area contributed by atoms with E-state index in [1.54, 1.807) is 0 Å². The SMILES string of the molecule is CC(N)C1CCCN(Cc2ccc(Cl)c(Cl)c2)C1.Cl. The highest BCUT2D eigenvalue weighted by Gasteiger charge is 2.22. The molecule has 1 heterocycles. The quantitative estimate of drug-likeness (QED) is 0.912. The van der Waals surface area contributed by atoms with E-state index in [0.29, 0.717) is 16.0 Å². The predicted octanol–water partition coefficient (Wildman–Crippen LogP) is 3.97. The summed E-state index contributed by atoms with van der Waals surface area (Å²) in [4.78, 5) is 2.46. The zero-order valence-corrected chi connectivity index (χ0v) is 13.4. The highest BCUT2D eigenvalue weighted by Crippen LogP contribution is 2.25. The van der Waals surface area contributed by atoms with Gasteiger partial charge < -0.3 is 5.73 Å². The monoisotopic (exact) mass is 322 g/mol. The number of nitrogens with zero attached hydrogens (tertiary/aromatic N) is 1. The van der Waals surface area contributed by atoms with Crippen LogP contribution in [0.1, 0.15) is 25.3 Å². The lowest BCUT2D eigenvalue weighted by Gasteiger charge is -2.34. The van der Waals surface area contributed by atoms with Crippen LogP contribution in [-0.4, -0.2) is 24.0 Å². The molecule has 0 aromatic heterocycles. The third kappa shape index (κ3) is 4.80. The van der Waals surface area contributed by atoms with Crippen molar-refractivity contribution < 1.29 is 0 Å². The molecule has 19 heavy (non-hydrogen) atoms. The standard InChI is InChI=1S/C14H20Cl2N2.ClH/c1-10(17)12-3-2-6-18(9-12)8-11-4-5-13(15)14(16)7-11;/h4-5,7,10,12H,2-3,6,8-9,17H2,1H3;1H. The lowest BCUT2D eigenvalue weighted by atomic mass is 9.92. The lowest BCUT2D eigenvalue weighted by Crippen LogP contribution is -2.41. The number of rotatable bonds is 3. The Morgan fingerprint density at radius 2 is 2.11 bits per heavy atom. The predicted molar refractivity (Wildman–Crippen MR) is 85.4 cm³/mol. The second-order valence-electron chi connectivity index (χ2n) is 5.25. The van der Waals surface area contributed by atoms with Crippen LogP contribution in [0.3, 0.4) is 0 Å². The molecule has 1 fully saturated rings. The molecule has 108 valence electrons. The van der Waals surface area contributed by atoms with Crippen LogP contribution < -0.4 is 5.73 Å². The molecule has 0 aliphatic carbocycles. The van der Waals surface area contributed by atoms with E-state index in [9.17, 15) is 0 Å². The van der Waals surface area contributed by atoms with E-state index in [2.05, 4.69) is 11.8 Å². The molecular formula is C14H21Cl3N2. The molecule has 0 spiro atoms. The first-order valence-electron chi connectivity index (χ1n) is 6.48. The van der Waals surface area contributed by atoms with Gasteiger partial charge in [-0.15, -0.1) is 12.4 Å². The molecule has 2 rings (SSSR count). The van der Waals surface area contributed by atoms with E-state index >= 15 is 0 Å². The molecule has 1 aliphatic heterocycles. The molecule has 2 atom stereocenters. The molecule has 1 aromatic carbocycles. The van der Waals surface area contributed by atoms with Crippen LogP contribution in [0.15, 0.2) is 18.2 Å². The smallest absolute Gasteiger partial charge is 0.0595 e. The van der Waals surface area contributed by atoms with Gasteiger partial charge in [-0.05, 0) is 49.9 Å². The topological polar surface area (TPSA) is 29.3 Å². The van der Waals surface area contributed by atoms with Gasteiger partial charge in [0.2, 0.25) is 0 Å². The van der Waals surface area contributed by atoms with Crippen molar-refractivity contribution in [2.24, 2.45) is 11.7 Å². The van der Waals surface area contributed by atoms with Gasteiger partial charge in [0.05, 0.1) is 10.0 Å². The molecule has 1 aromatic rings.